The number of rotatable bonds is 5. The Bertz CT molecular complexity index is 224. The summed E-state index contributed by atoms with van der Waals surface area (Å²) in [4.78, 5) is 11.1. The Morgan fingerprint density at radius 3 is 2.29 bits per heavy atom. The zero-order chi connectivity index (χ0) is 11.4. The summed E-state index contributed by atoms with van der Waals surface area (Å²) < 4.78 is 10.9. The van der Waals surface area contributed by atoms with Gasteiger partial charge in [-0.2, -0.15) is 0 Å². The lowest BCUT2D eigenvalue weighted by Crippen LogP contribution is -2.41. The van der Waals surface area contributed by atoms with Gasteiger partial charge in [-0.3, -0.25) is 0 Å². The van der Waals surface area contributed by atoms with E-state index in [2.05, 4.69) is 32.8 Å². The van der Waals surface area contributed by atoms with Gasteiger partial charge in [-0.25, -0.2) is 4.79 Å². The number of hydrogen-bond acceptors (Lipinski definition) is 3. The molecule has 0 aliphatic carbocycles. The van der Waals surface area contributed by atoms with E-state index in [1.165, 1.54) is 0 Å². The predicted molar refractivity (Wildman–Crippen MR) is 63.2 cm³/mol. The second-order valence-corrected chi connectivity index (χ2v) is 11.1. The molecule has 0 radical (unpaired) electrons. The van der Waals surface area contributed by atoms with Gasteiger partial charge < -0.3 is 8.85 Å². The van der Waals surface area contributed by atoms with Crippen molar-refractivity contribution in [3.63, 3.8) is 0 Å². The topological polar surface area (TPSA) is 35.5 Å². The van der Waals surface area contributed by atoms with E-state index in [4.69, 9.17) is 8.85 Å². The maximum atomic E-state index is 11.1. The molecule has 0 aliphatic heterocycles. The summed E-state index contributed by atoms with van der Waals surface area (Å²) in [7, 11) is -2.83. The Morgan fingerprint density at radius 2 is 1.93 bits per heavy atom. The van der Waals surface area contributed by atoms with Crippen LogP contribution in [-0.4, -0.2) is 29.6 Å². The Morgan fingerprint density at radius 1 is 1.43 bits per heavy atom. The number of carbonyl (C=O) groups is 1. The molecule has 0 bridgehead atoms. The average molecular weight is 232 g/mol. The van der Waals surface area contributed by atoms with Crippen molar-refractivity contribution in [2.75, 3.05) is 6.23 Å². The molecule has 0 amide bonds. The van der Waals surface area contributed by atoms with Gasteiger partial charge in [0, 0.05) is 5.57 Å². The highest BCUT2D eigenvalue weighted by Gasteiger charge is 2.25. The van der Waals surface area contributed by atoms with Gasteiger partial charge in [0.1, 0.15) is 6.23 Å². The molecule has 14 heavy (non-hydrogen) atoms. The normalized spacial score (nSPS) is 11.6. The summed E-state index contributed by atoms with van der Waals surface area (Å²) in [5.41, 5.74) is 0.441. The fourth-order valence-corrected chi connectivity index (χ4v) is 6.89. The smallest absolute Gasteiger partial charge is 0.332 e. The van der Waals surface area contributed by atoms with E-state index in [-0.39, 0.29) is 5.97 Å². The molecule has 0 spiro atoms. The van der Waals surface area contributed by atoms with E-state index < -0.39 is 17.4 Å². The van der Waals surface area contributed by atoms with Crippen LogP contribution < -0.4 is 0 Å². The van der Waals surface area contributed by atoms with E-state index in [0.29, 0.717) is 11.8 Å². The van der Waals surface area contributed by atoms with Crippen molar-refractivity contribution in [1.82, 2.24) is 0 Å². The van der Waals surface area contributed by atoms with Crippen molar-refractivity contribution in [2.24, 2.45) is 0 Å². The summed E-state index contributed by atoms with van der Waals surface area (Å²) in [5, 5.41) is 0. The molecule has 0 fully saturated rings. The minimum absolute atomic E-state index is 0.320. The van der Waals surface area contributed by atoms with Crippen LogP contribution in [0.15, 0.2) is 12.2 Å². The van der Waals surface area contributed by atoms with E-state index in [1.807, 2.05) is 0 Å². The molecule has 0 saturated carbocycles. The molecule has 0 aromatic carbocycles. The molecule has 0 heterocycles. The highest BCUT2D eigenvalue weighted by atomic mass is 28.4. The Kier molecular flexibility index (Phi) is 5.32. The third kappa shape index (κ3) is 6.12. The maximum absolute atomic E-state index is 11.1. The Hall–Kier alpha value is -0.396. The molecule has 0 rings (SSSR count). The molecule has 82 valence electrons. The first-order chi connectivity index (χ1) is 6.24. The molecule has 0 unspecified atom stereocenters. The monoisotopic (exact) mass is 232 g/mol. The number of ether oxygens (including phenoxy) is 1. The lowest BCUT2D eigenvalue weighted by atomic mass is 10.4. The molecule has 0 aromatic heterocycles. The average Bonchev–Trinajstić information content (AvgIpc) is 1.97. The molecule has 0 aromatic rings. The van der Waals surface area contributed by atoms with Crippen molar-refractivity contribution in [3.05, 3.63) is 12.2 Å². The van der Waals surface area contributed by atoms with Gasteiger partial charge in [-0.05, 0) is 33.1 Å². The second kappa shape index (κ2) is 5.48. The zero-order valence-corrected chi connectivity index (χ0v) is 11.9. The number of carbonyl (C=O) groups excluding carboxylic acids is 1. The summed E-state index contributed by atoms with van der Waals surface area (Å²) in [6.45, 7) is 13.5. The lowest BCUT2D eigenvalue weighted by molar-refractivity contribution is -0.137. The maximum Gasteiger partial charge on any atom is 0.332 e. The third-order valence-corrected chi connectivity index (χ3v) is 6.73. The minimum atomic E-state index is -1.80. The molecule has 0 saturated heterocycles. The van der Waals surface area contributed by atoms with E-state index in [0.717, 1.165) is 0 Å². The van der Waals surface area contributed by atoms with Crippen LogP contribution in [0.25, 0.3) is 0 Å². The largest absolute Gasteiger partial charge is 0.463 e. The second-order valence-electron chi connectivity index (χ2n) is 4.28. The molecule has 0 N–H and O–H groups in total. The fourth-order valence-electron chi connectivity index (χ4n) is 1.03. The molecule has 0 atom stereocenters. The van der Waals surface area contributed by atoms with Crippen LogP contribution in [0.3, 0.4) is 0 Å². The molecular weight excluding hydrogens is 212 g/mol. The van der Waals surface area contributed by atoms with Crippen molar-refractivity contribution < 1.29 is 13.6 Å². The summed E-state index contributed by atoms with van der Waals surface area (Å²) in [5.74, 6) is -0.320. The molecule has 5 heteroatoms. The van der Waals surface area contributed by atoms with Gasteiger partial charge in [-0.1, -0.05) is 6.58 Å². The molecular formula is C9H20O3Si2. The van der Waals surface area contributed by atoms with Gasteiger partial charge >= 0.3 is 5.97 Å². The quantitative estimate of drug-likeness (QED) is 0.412. The van der Waals surface area contributed by atoms with Gasteiger partial charge in [0.25, 0.3) is 0 Å². The fraction of sp³-hybridized carbons (Fsp3) is 0.667. The van der Waals surface area contributed by atoms with Crippen LogP contribution >= 0.6 is 0 Å². The lowest BCUT2D eigenvalue weighted by Gasteiger charge is -2.25. The van der Waals surface area contributed by atoms with Crippen LogP contribution in [-0.2, 0) is 13.6 Å². The van der Waals surface area contributed by atoms with Gasteiger partial charge in [0.2, 0.25) is 8.32 Å². The molecule has 3 nitrogen and oxygen atoms in total. The first kappa shape index (κ1) is 13.6. The number of esters is 1. The Labute approximate surface area is 89.0 Å². The summed E-state index contributed by atoms with van der Waals surface area (Å²) >= 11 is 0. The Balaban J connectivity index is 3.98. The minimum Gasteiger partial charge on any atom is -0.463 e. The van der Waals surface area contributed by atoms with Gasteiger partial charge in [0.05, 0.1) is 0 Å². The highest BCUT2D eigenvalue weighted by molar-refractivity contribution is 6.77. The van der Waals surface area contributed by atoms with Crippen molar-refractivity contribution in [1.29, 1.82) is 0 Å². The van der Waals surface area contributed by atoms with E-state index >= 15 is 0 Å². The van der Waals surface area contributed by atoms with Crippen LogP contribution in [0.4, 0.5) is 0 Å². The highest BCUT2D eigenvalue weighted by Crippen LogP contribution is 2.08. The van der Waals surface area contributed by atoms with Crippen molar-refractivity contribution >= 4 is 23.3 Å². The van der Waals surface area contributed by atoms with Crippen molar-refractivity contribution in [3.8, 4) is 0 Å². The first-order valence-corrected chi connectivity index (χ1v) is 10.6. The van der Waals surface area contributed by atoms with Crippen LogP contribution in [0, 0.1) is 0 Å². The van der Waals surface area contributed by atoms with Gasteiger partial charge in [0.15, 0.2) is 9.04 Å². The third-order valence-electron chi connectivity index (χ3n) is 1.45. The van der Waals surface area contributed by atoms with Crippen molar-refractivity contribution in [2.45, 2.75) is 33.1 Å². The summed E-state index contributed by atoms with van der Waals surface area (Å²) in [6.07, 6.45) is 0.421. The zero-order valence-electron chi connectivity index (χ0n) is 9.72. The first-order valence-electron chi connectivity index (χ1n) is 4.75. The van der Waals surface area contributed by atoms with Gasteiger partial charge in [-0.15, -0.1) is 0 Å². The predicted octanol–water partition coefficient (Wildman–Crippen LogP) is 1.85. The number of hydrogen-bond donors (Lipinski definition) is 0. The van der Waals surface area contributed by atoms with Crippen LogP contribution in [0.2, 0.25) is 26.2 Å². The van der Waals surface area contributed by atoms with E-state index in [9.17, 15) is 4.79 Å². The van der Waals surface area contributed by atoms with Crippen LogP contribution in [0.5, 0.6) is 0 Å². The van der Waals surface area contributed by atoms with Crippen LogP contribution in [0.1, 0.15) is 6.92 Å². The SMILES string of the molecule is C=C(C)C(=O)OC[Si](C)(C)O[SiH](C)C. The van der Waals surface area contributed by atoms with E-state index in [1.54, 1.807) is 6.92 Å². The summed E-state index contributed by atoms with van der Waals surface area (Å²) in [6, 6.07) is 0. The standard InChI is InChI=1S/C9H20O3Si2/c1-8(2)9(10)11-7-14(5,6)12-13(3)4/h13H,1,7H2,2-6H3. The molecule has 0 aliphatic rings.